The molecule has 1 saturated carbocycles. The maximum absolute atomic E-state index is 12.7. The highest BCUT2D eigenvalue weighted by molar-refractivity contribution is 5.82. The van der Waals surface area contributed by atoms with Crippen LogP contribution in [0.2, 0.25) is 0 Å². The number of amides is 1. The molecular weight excluding hydrogens is 320 g/mol. The van der Waals surface area contributed by atoms with E-state index < -0.39 is 0 Å². The van der Waals surface area contributed by atoms with Crippen molar-refractivity contribution in [2.45, 2.75) is 52.1 Å². The molecule has 0 aliphatic heterocycles. The zero-order valence-corrected chi connectivity index (χ0v) is 14.5. The lowest BCUT2D eigenvalue weighted by Crippen LogP contribution is -2.44. The fraction of sp³-hybridized carbons (Fsp3) is 0.500. The molecule has 132 valence electrons. The van der Waals surface area contributed by atoms with E-state index in [4.69, 9.17) is 4.42 Å². The van der Waals surface area contributed by atoms with Crippen LogP contribution in [0.4, 0.5) is 0 Å². The van der Waals surface area contributed by atoms with E-state index in [0.29, 0.717) is 22.8 Å². The summed E-state index contributed by atoms with van der Waals surface area (Å²) in [6.45, 7) is 3.92. The minimum absolute atomic E-state index is 0.0636. The van der Waals surface area contributed by atoms with E-state index in [1.807, 2.05) is 6.92 Å². The Morgan fingerprint density at radius 2 is 2.16 bits per heavy atom. The second-order valence-electron chi connectivity index (χ2n) is 6.98. The van der Waals surface area contributed by atoms with Crippen molar-refractivity contribution < 1.29 is 9.21 Å². The molecule has 1 amide bonds. The van der Waals surface area contributed by atoms with Gasteiger partial charge in [0, 0.05) is 18.2 Å². The minimum Gasteiger partial charge on any atom is -0.463 e. The van der Waals surface area contributed by atoms with Crippen LogP contribution in [0.15, 0.2) is 27.6 Å². The molecule has 1 N–H and O–H groups in total. The molecule has 0 bridgehead atoms. The fourth-order valence-corrected chi connectivity index (χ4v) is 3.85. The summed E-state index contributed by atoms with van der Waals surface area (Å²) in [6, 6.07) is 3.69. The highest BCUT2D eigenvalue weighted by atomic mass is 16.3. The van der Waals surface area contributed by atoms with Crippen LogP contribution in [-0.4, -0.2) is 26.1 Å². The van der Waals surface area contributed by atoms with Crippen LogP contribution in [0, 0.1) is 12.8 Å². The first-order valence-electron chi connectivity index (χ1n) is 8.80. The van der Waals surface area contributed by atoms with Crippen molar-refractivity contribution in [3.05, 3.63) is 34.6 Å². The third-order valence-electron chi connectivity index (χ3n) is 5.22. The van der Waals surface area contributed by atoms with Gasteiger partial charge in [-0.15, -0.1) is 0 Å². The lowest BCUT2D eigenvalue weighted by Gasteiger charge is -2.29. The normalized spacial score (nSPS) is 21.0. The molecule has 3 aromatic rings. The van der Waals surface area contributed by atoms with Gasteiger partial charge in [0.25, 0.3) is 5.56 Å². The van der Waals surface area contributed by atoms with E-state index in [2.05, 4.69) is 17.3 Å². The lowest BCUT2D eigenvalue weighted by atomic mass is 9.86. The fourth-order valence-electron chi connectivity index (χ4n) is 3.85. The quantitative estimate of drug-likeness (QED) is 0.791. The largest absolute Gasteiger partial charge is 0.463 e. The Balaban J connectivity index is 1.62. The Morgan fingerprint density at radius 3 is 2.96 bits per heavy atom. The summed E-state index contributed by atoms with van der Waals surface area (Å²) in [7, 11) is 0. The number of rotatable bonds is 3. The monoisotopic (exact) mass is 342 g/mol. The molecule has 0 radical (unpaired) electrons. The van der Waals surface area contributed by atoms with Crippen LogP contribution >= 0.6 is 0 Å². The molecule has 4 rings (SSSR count). The number of nitrogens with one attached hydrogen (secondary N) is 1. The van der Waals surface area contributed by atoms with Crippen molar-refractivity contribution in [2.75, 3.05) is 0 Å². The zero-order chi connectivity index (χ0) is 17.6. The Bertz CT molecular complexity index is 997. The van der Waals surface area contributed by atoms with Gasteiger partial charge in [0.2, 0.25) is 5.91 Å². The molecule has 1 fully saturated rings. The summed E-state index contributed by atoms with van der Waals surface area (Å²) in [6.07, 6.45) is 6.09. The molecule has 1 aliphatic carbocycles. The molecule has 25 heavy (non-hydrogen) atoms. The zero-order valence-electron chi connectivity index (χ0n) is 14.5. The van der Waals surface area contributed by atoms with E-state index in [1.165, 1.54) is 11.1 Å². The Hall–Kier alpha value is -2.57. The van der Waals surface area contributed by atoms with Crippen LogP contribution in [-0.2, 0) is 11.3 Å². The predicted molar refractivity (Wildman–Crippen MR) is 93.5 cm³/mol. The van der Waals surface area contributed by atoms with Crippen molar-refractivity contribution in [1.29, 1.82) is 0 Å². The van der Waals surface area contributed by atoms with Gasteiger partial charge >= 0.3 is 0 Å². The first kappa shape index (κ1) is 15.9. The predicted octanol–water partition coefficient (Wildman–Crippen LogP) is 2.25. The molecule has 7 heteroatoms. The van der Waals surface area contributed by atoms with Crippen molar-refractivity contribution in [3.63, 3.8) is 0 Å². The first-order valence-corrected chi connectivity index (χ1v) is 8.80. The van der Waals surface area contributed by atoms with Gasteiger partial charge in [-0.05, 0) is 25.7 Å². The van der Waals surface area contributed by atoms with Gasteiger partial charge in [-0.2, -0.15) is 5.10 Å². The van der Waals surface area contributed by atoms with Gasteiger partial charge in [-0.25, -0.2) is 4.68 Å². The summed E-state index contributed by atoms with van der Waals surface area (Å²) < 4.78 is 8.38. The van der Waals surface area contributed by atoms with Crippen molar-refractivity contribution in [1.82, 2.24) is 19.5 Å². The Labute approximate surface area is 144 Å². The Kier molecular flexibility index (Phi) is 3.86. The van der Waals surface area contributed by atoms with Crippen molar-refractivity contribution in [3.8, 4) is 0 Å². The van der Waals surface area contributed by atoms with Gasteiger partial charge in [-0.1, -0.05) is 19.8 Å². The molecule has 7 nitrogen and oxygen atoms in total. The van der Waals surface area contributed by atoms with Gasteiger partial charge < -0.3 is 9.73 Å². The van der Waals surface area contributed by atoms with Crippen LogP contribution in [0.25, 0.3) is 16.6 Å². The first-order chi connectivity index (χ1) is 12.0. The third-order valence-corrected chi connectivity index (χ3v) is 5.22. The number of carbonyl (C=O) groups is 1. The Morgan fingerprint density at radius 1 is 1.36 bits per heavy atom. The second-order valence-corrected chi connectivity index (χ2v) is 6.98. The summed E-state index contributed by atoms with van der Waals surface area (Å²) >= 11 is 0. The van der Waals surface area contributed by atoms with E-state index in [-0.39, 0.29) is 24.1 Å². The average molecular weight is 342 g/mol. The molecule has 3 heterocycles. The highest BCUT2D eigenvalue weighted by Gasteiger charge is 2.23. The van der Waals surface area contributed by atoms with Gasteiger partial charge in [0.1, 0.15) is 17.9 Å². The molecule has 0 unspecified atom stereocenters. The highest BCUT2D eigenvalue weighted by Crippen LogP contribution is 2.23. The summed E-state index contributed by atoms with van der Waals surface area (Å²) in [5.41, 5.74) is 1.63. The SMILES string of the molecule is Cc1nn(CC(=O)N[C@@H]2CCCC[C@H]2C)c(=O)c2cc3occc3n12. The summed E-state index contributed by atoms with van der Waals surface area (Å²) in [4.78, 5) is 25.1. The summed E-state index contributed by atoms with van der Waals surface area (Å²) in [5.74, 6) is 0.960. The summed E-state index contributed by atoms with van der Waals surface area (Å²) in [5, 5.41) is 7.39. The van der Waals surface area contributed by atoms with Gasteiger partial charge in [0.15, 0.2) is 5.58 Å². The number of furan rings is 1. The van der Waals surface area contributed by atoms with Crippen molar-refractivity contribution in [2.24, 2.45) is 5.92 Å². The molecule has 0 spiro atoms. The molecule has 3 aromatic heterocycles. The lowest BCUT2D eigenvalue weighted by molar-refractivity contribution is -0.123. The number of aryl methyl sites for hydroxylation is 1. The second kappa shape index (κ2) is 6.06. The number of carbonyl (C=O) groups excluding carboxylic acids is 1. The smallest absolute Gasteiger partial charge is 0.291 e. The number of fused-ring (bicyclic) bond motifs is 3. The molecule has 1 aliphatic rings. The third kappa shape index (κ3) is 2.73. The minimum atomic E-state index is -0.288. The van der Waals surface area contributed by atoms with E-state index in [0.717, 1.165) is 24.8 Å². The van der Waals surface area contributed by atoms with Crippen LogP contribution in [0.5, 0.6) is 0 Å². The maximum Gasteiger partial charge on any atom is 0.291 e. The van der Waals surface area contributed by atoms with Gasteiger partial charge in [0.05, 0.1) is 11.8 Å². The molecule has 0 aromatic carbocycles. The molecular formula is C18H22N4O3. The van der Waals surface area contributed by atoms with Crippen LogP contribution in [0.3, 0.4) is 0 Å². The topological polar surface area (TPSA) is 81.5 Å². The van der Waals surface area contributed by atoms with Gasteiger partial charge in [-0.3, -0.25) is 14.0 Å². The van der Waals surface area contributed by atoms with E-state index in [1.54, 1.807) is 22.8 Å². The number of hydrogen-bond acceptors (Lipinski definition) is 4. The molecule has 2 atom stereocenters. The maximum atomic E-state index is 12.7. The molecule has 0 saturated heterocycles. The standard InChI is InChI=1S/C18H22N4O3/c1-11-5-3-4-6-13(11)19-17(23)10-21-18(24)15-9-16-14(7-8-25-16)22(15)12(2)20-21/h7-9,11,13H,3-6,10H2,1-2H3,(H,19,23)/t11-,13-/m1/s1. The van der Waals surface area contributed by atoms with E-state index in [9.17, 15) is 9.59 Å². The van der Waals surface area contributed by atoms with E-state index >= 15 is 0 Å². The van der Waals surface area contributed by atoms with Crippen LogP contribution < -0.4 is 10.9 Å². The number of hydrogen-bond donors (Lipinski definition) is 1. The average Bonchev–Trinajstić information content (AvgIpc) is 3.15. The van der Waals surface area contributed by atoms with Crippen molar-refractivity contribution >= 4 is 22.5 Å². The number of aromatic nitrogens is 3. The number of nitrogens with zero attached hydrogens (tertiary/aromatic N) is 3. The van der Waals surface area contributed by atoms with Crippen LogP contribution in [0.1, 0.15) is 38.4 Å².